The predicted octanol–water partition coefficient (Wildman–Crippen LogP) is 6.06. The maximum Gasteiger partial charge on any atom is 0.320 e. The number of likely N-dealkylation sites (N-methyl/N-ethyl adjacent to an activating group) is 1. The van der Waals surface area contributed by atoms with Crippen LogP contribution in [0.15, 0.2) is 11.6 Å². The van der Waals surface area contributed by atoms with Gasteiger partial charge in [0, 0.05) is 43.9 Å². The highest BCUT2D eigenvalue weighted by Gasteiger charge is 2.72. The molecule has 0 radical (unpaired) electrons. The van der Waals surface area contributed by atoms with Crippen LogP contribution in [0.5, 0.6) is 0 Å². The number of rotatable bonds is 8. The second-order valence-electron chi connectivity index (χ2n) is 18.3. The first kappa shape index (κ1) is 36.8. The predicted molar refractivity (Wildman–Crippen MR) is 188 cm³/mol. The Morgan fingerprint density at radius 2 is 1.63 bits per heavy atom. The second kappa shape index (κ2) is 12.9. The Morgan fingerprint density at radius 3 is 2.24 bits per heavy atom. The number of aliphatic carboxylic acids is 1. The van der Waals surface area contributed by atoms with Gasteiger partial charge in [0.05, 0.1) is 25.7 Å². The molecule has 11 atom stereocenters. The standard InChI is InChI=1S/C40H64N2O7/c1-10-41-17-19-42(20-18-41)22-32(44)49-34-30(48-27(5)43)21-40-24-47-23-37(34,7)31(40)12-11-28-29(40)13-14-39(9)33(35(45)46)36(6,26(4)25(2)3)15-16-38(28,39)8/h13,25-26,28,30-31,33-34H,10-12,14-24H2,1-9H3,(H,45,46)/t26-,28+,30-,31+,33-,34+,36-,37-,38-,39+,40+/m1/s1. The van der Waals surface area contributed by atoms with Crippen molar-refractivity contribution in [3.05, 3.63) is 11.6 Å². The molecule has 0 aromatic rings. The number of nitrogens with zero attached hydrogens (tertiary/aromatic N) is 2. The van der Waals surface area contributed by atoms with Crippen LogP contribution in [0.25, 0.3) is 0 Å². The summed E-state index contributed by atoms with van der Waals surface area (Å²) < 4.78 is 19.1. The average Bonchev–Trinajstić information content (AvgIpc) is 3.03. The van der Waals surface area contributed by atoms with Crippen molar-refractivity contribution in [2.24, 2.45) is 56.7 Å². The van der Waals surface area contributed by atoms with E-state index >= 15 is 0 Å². The number of esters is 2. The summed E-state index contributed by atoms with van der Waals surface area (Å²) in [5.74, 6) is -0.643. The first-order chi connectivity index (χ1) is 23.0. The molecule has 9 heteroatoms. The molecule has 0 amide bonds. The Morgan fingerprint density at radius 1 is 0.959 bits per heavy atom. The van der Waals surface area contributed by atoms with Gasteiger partial charge >= 0.3 is 17.9 Å². The van der Waals surface area contributed by atoms with Gasteiger partial charge < -0.3 is 24.2 Å². The molecule has 9 nitrogen and oxygen atoms in total. The molecule has 49 heavy (non-hydrogen) atoms. The minimum atomic E-state index is -0.662. The SMILES string of the molecule is CCN1CCN(CC(=O)O[C@H]2[C@H](OC(C)=O)C[C@@]34COC[C@]2(C)[C@@H]3CC[C@H]2C4=CC[C@@]3(C)[C@H](C(=O)O)[C@@](C)([C@H](C)C(C)C)CC[C@]23C)CC1. The number of hydrogen-bond acceptors (Lipinski definition) is 8. The number of carbonyl (C=O) groups is 3. The number of hydrogen-bond donors (Lipinski definition) is 1. The number of carbonyl (C=O) groups excluding carboxylic acids is 2. The highest BCUT2D eigenvalue weighted by atomic mass is 16.6. The van der Waals surface area contributed by atoms with Gasteiger partial charge in [0.25, 0.3) is 0 Å². The van der Waals surface area contributed by atoms with Crippen molar-refractivity contribution < 1.29 is 33.7 Å². The van der Waals surface area contributed by atoms with Crippen molar-refractivity contribution in [2.45, 2.75) is 113 Å². The van der Waals surface area contributed by atoms with Crippen molar-refractivity contribution in [3.8, 4) is 0 Å². The molecule has 4 aliphatic carbocycles. The highest BCUT2D eigenvalue weighted by molar-refractivity contribution is 5.73. The molecule has 2 bridgehead atoms. The molecule has 6 aliphatic rings. The van der Waals surface area contributed by atoms with Crippen LogP contribution in [0.1, 0.15) is 101 Å². The van der Waals surface area contributed by atoms with Crippen LogP contribution in [0.2, 0.25) is 0 Å². The van der Waals surface area contributed by atoms with Gasteiger partial charge in [0.15, 0.2) is 0 Å². The third-order valence-corrected chi connectivity index (χ3v) is 15.9. The van der Waals surface area contributed by atoms with Gasteiger partial charge in [-0.05, 0) is 85.0 Å². The van der Waals surface area contributed by atoms with Gasteiger partial charge in [0.2, 0.25) is 0 Å². The van der Waals surface area contributed by atoms with E-state index < -0.39 is 34.9 Å². The molecule has 3 saturated carbocycles. The molecule has 0 aromatic carbocycles. The largest absolute Gasteiger partial charge is 0.481 e. The smallest absolute Gasteiger partial charge is 0.320 e. The fourth-order valence-electron chi connectivity index (χ4n) is 12.7. The number of carboxylic acid groups (broad SMARTS) is 1. The molecule has 0 aromatic heterocycles. The topological polar surface area (TPSA) is 106 Å². The molecule has 2 saturated heterocycles. The lowest BCUT2D eigenvalue weighted by molar-refractivity contribution is -0.263. The molecule has 6 rings (SSSR count). The van der Waals surface area contributed by atoms with Crippen LogP contribution in [0.3, 0.4) is 0 Å². The van der Waals surface area contributed by atoms with E-state index in [4.69, 9.17) is 14.2 Å². The van der Waals surface area contributed by atoms with Crippen LogP contribution in [-0.4, -0.2) is 97.5 Å². The summed E-state index contributed by atoms with van der Waals surface area (Å²) >= 11 is 0. The lowest BCUT2D eigenvalue weighted by atomic mass is 9.34. The Hall–Kier alpha value is -1.97. The zero-order chi connectivity index (χ0) is 35.7. The Balaban J connectivity index is 1.33. The molecule has 276 valence electrons. The summed E-state index contributed by atoms with van der Waals surface area (Å²) in [6.45, 7) is 25.2. The van der Waals surface area contributed by atoms with Gasteiger partial charge in [0.1, 0.15) is 12.2 Å². The van der Waals surface area contributed by atoms with Crippen LogP contribution >= 0.6 is 0 Å². The fourth-order valence-corrected chi connectivity index (χ4v) is 12.7. The minimum Gasteiger partial charge on any atom is -0.481 e. The molecule has 0 spiro atoms. The molecule has 1 N–H and O–H groups in total. The van der Waals surface area contributed by atoms with Gasteiger partial charge in [-0.3, -0.25) is 19.3 Å². The lowest BCUT2D eigenvalue weighted by Crippen LogP contribution is -2.70. The summed E-state index contributed by atoms with van der Waals surface area (Å²) in [5, 5.41) is 11.0. The zero-order valence-corrected chi connectivity index (χ0v) is 31.8. The van der Waals surface area contributed by atoms with Crippen molar-refractivity contribution in [1.29, 1.82) is 0 Å². The number of carboxylic acids is 1. The van der Waals surface area contributed by atoms with Crippen LogP contribution in [0.4, 0.5) is 0 Å². The van der Waals surface area contributed by atoms with E-state index in [-0.39, 0.29) is 52.5 Å². The van der Waals surface area contributed by atoms with E-state index in [0.717, 1.165) is 58.4 Å². The molecular weight excluding hydrogens is 620 g/mol. The Bertz CT molecular complexity index is 1340. The summed E-state index contributed by atoms with van der Waals surface area (Å²) in [7, 11) is 0. The zero-order valence-electron chi connectivity index (χ0n) is 31.8. The van der Waals surface area contributed by atoms with E-state index in [9.17, 15) is 19.5 Å². The Kier molecular flexibility index (Phi) is 9.70. The minimum absolute atomic E-state index is 0.201. The maximum atomic E-state index is 13.6. The maximum absolute atomic E-state index is 13.6. The highest BCUT2D eigenvalue weighted by Crippen LogP contribution is 2.75. The average molecular weight is 685 g/mol. The van der Waals surface area contributed by atoms with Gasteiger partial charge in [-0.2, -0.15) is 0 Å². The normalized spacial score (nSPS) is 44.5. The lowest BCUT2D eigenvalue weighted by Gasteiger charge is -2.71. The molecule has 5 fully saturated rings. The Labute approximate surface area is 294 Å². The molecular formula is C40H64N2O7. The van der Waals surface area contributed by atoms with Crippen molar-refractivity contribution in [1.82, 2.24) is 9.80 Å². The summed E-state index contributed by atoms with van der Waals surface area (Å²) in [6, 6.07) is 0. The molecule has 2 heterocycles. The molecule has 2 aliphatic heterocycles. The summed E-state index contributed by atoms with van der Waals surface area (Å²) in [4.78, 5) is 44.2. The number of piperazine rings is 1. The van der Waals surface area contributed by atoms with E-state index in [0.29, 0.717) is 32.0 Å². The van der Waals surface area contributed by atoms with Crippen LogP contribution < -0.4 is 0 Å². The third kappa shape index (κ3) is 5.62. The van der Waals surface area contributed by atoms with Gasteiger partial charge in [-0.1, -0.05) is 67.0 Å². The second-order valence-corrected chi connectivity index (χ2v) is 18.3. The van der Waals surface area contributed by atoms with Crippen LogP contribution in [-0.2, 0) is 28.6 Å². The van der Waals surface area contributed by atoms with E-state index in [1.165, 1.54) is 12.5 Å². The summed E-state index contributed by atoms with van der Waals surface area (Å²) in [5.41, 5.74) is -0.405. The van der Waals surface area contributed by atoms with E-state index in [1.807, 2.05) is 0 Å². The van der Waals surface area contributed by atoms with Crippen molar-refractivity contribution >= 4 is 17.9 Å². The van der Waals surface area contributed by atoms with Crippen molar-refractivity contribution in [3.63, 3.8) is 0 Å². The first-order valence-electron chi connectivity index (χ1n) is 19.3. The number of allylic oxidation sites excluding steroid dienone is 1. The van der Waals surface area contributed by atoms with Crippen molar-refractivity contribution in [2.75, 3.05) is 52.5 Å². The van der Waals surface area contributed by atoms with E-state index in [2.05, 4.69) is 71.3 Å². The van der Waals surface area contributed by atoms with Crippen LogP contribution in [0, 0.1) is 56.7 Å². The molecule has 0 unspecified atom stereocenters. The van der Waals surface area contributed by atoms with Gasteiger partial charge in [-0.15, -0.1) is 0 Å². The fraction of sp³-hybridized carbons (Fsp3) is 0.875. The summed E-state index contributed by atoms with van der Waals surface area (Å²) in [6.07, 6.45) is 6.31. The quantitative estimate of drug-likeness (QED) is 0.242. The van der Waals surface area contributed by atoms with Gasteiger partial charge in [-0.25, -0.2) is 0 Å². The number of fused-ring (bicyclic) bond motifs is 3. The first-order valence-corrected chi connectivity index (χ1v) is 19.3. The third-order valence-electron chi connectivity index (χ3n) is 15.9. The van der Waals surface area contributed by atoms with E-state index in [1.54, 1.807) is 0 Å². The monoisotopic (exact) mass is 684 g/mol. The number of ether oxygens (including phenoxy) is 3.